The van der Waals surface area contributed by atoms with Crippen LogP contribution in [0.4, 0.5) is 20.3 Å². The number of non-ortho nitro benzene ring substituents is 1. The summed E-state index contributed by atoms with van der Waals surface area (Å²) in [6, 6.07) is 11.3. The lowest BCUT2D eigenvalue weighted by Crippen LogP contribution is -2.43. The molecule has 0 N–H and O–H groups in total. The minimum Gasteiger partial charge on any atom is -0.468 e. The summed E-state index contributed by atoms with van der Waals surface area (Å²) in [5, 5.41) is 12.3. The topological polar surface area (TPSA) is 142 Å². The van der Waals surface area contributed by atoms with E-state index in [9.17, 15) is 14.9 Å². The van der Waals surface area contributed by atoms with Gasteiger partial charge in [0.05, 0.1) is 27.0 Å². The zero-order valence-corrected chi connectivity index (χ0v) is 31.1. The molecule has 0 radical (unpaired) electrons. The van der Waals surface area contributed by atoms with E-state index >= 15 is 8.78 Å². The second kappa shape index (κ2) is 15.7. The summed E-state index contributed by atoms with van der Waals surface area (Å²) >= 11 is 0. The molecule has 2 atom stereocenters. The van der Waals surface area contributed by atoms with Crippen LogP contribution >= 0.6 is 0 Å². The van der Waals surface area contributed by atoms with Crippen LogP contribution in [0.25, 0.3) is 32.9 Å². The van der Waals surface area contributed by atoms with Crippen LogP contribution in [0.3, 0.4) is 0 Å². The predicted octanol–water partition coefficient (Wildman–Crippen LogP) is 6.99. The fourth-order valence-electron chi connectivity index (χ4n) is 8.17. The first-order chi connectivity index (χ1) is 27.7. The third-order valence-corrected chi connectivity index (χ3v) is 10.9. The maximum absolute atomic E-state index is 17.2. The Balaban J connectivity index is 1.14. The smallest absolute Gasteiger partial charge is 0.338 e. The Morgan fingerprint density at radius 2 is 1.86 bits per heavy atom. The molecule has 2 aromatic heterocycles. The molecule has 8 rings (SSSR count). The Bertz CT molecular complexity index is 2450. The summed E-state index contributed by atoms with van der Waals surface area (Å²) in [5.74, 6) is 1.26. The van der Waals surface area contributed by atoms with E-state index in [2.05, 4.69) is 37.8 Å². The first kappa shape index (κ1) is 37.7. The number of rotatable bonds is 11. The summed E-state index contributed by atoms with van der Waals surface area (Å²) < 4.78 is 55.4. The Kier molecular flexibility index (Phi) is 10.4. The van der Waals surface area contributed by atoms with Crippen molar-refractivity contribution in [1.29, 1.82) is 0 Å². The minimum absolute atomic E-state index is 0.0318. The number of nitro groups is 1. The third kappa shape index (κ3) is 7.29. The molecule has 0 aliphatic carbocycles. The summed E-state index contributed by atoms with van der Waals surface area (Å²) in [7, 11) is 1.48. The first-order valence-corrected chi connectivity index (χ1v) is 18.6. The molecule has 0 saturated carbocycles. The molecule has 0 spiro atoms. The summed E-state index contributed by atoms with van der Waals surface area (Å²) in [6.45, 7) is 2.57. The molecule has 5 heterocycles. The number of esters is 1. The fraction of sp³-hybridized carbons (Fsp3) is 0.333. The van der Waals surface area contributed by atoms with Gasteiger partial charge in [-0.1, -0.05) is 24.1 Å². The van der Waals surface area contributed by atoms with Gasteiger partial charge in [0.1, 0.15) is 41.3 Å². The van der Waals surface area contributed by atoms with Gasteiger partial charge in [0, 0.05) is 62.4 Å². The molecule has 3 aliphatic heterocycles. The molecule has 0 amide bonds. The van der Waals surface area contributed by atoms with Crippen LogP contribution < -0.4 is 14.4 Å². The number of nitro benzene ring substituents is 1. The monoisotopic (exact) mass is 776 g/mol. The highest BCUT2D eigenvalue weighted by Crippen LogP contribution is 2.42. The maximum atomic E-state index is 17.2. The Labute approximate surface area is 326 Å². The van der Waals surface area contributed by atoms with Crippen molar-refractivity contribution in [2.75, 3.05) is 51.6 Å². The number of carbonyl (C=O) groups excluding carboxylic acids is 1. The molecule has 2 fully saturated rings. The number of methoxy groups -OCH3 is 1. The van der Waals surface area contributed by atoms with Crippen molar-refractivity contribution in [3.8, 4) is 35.4 Å². The van der Waals surface area contributed by atoms with Crippen molar-refractivity contribution in [2.45, 2.75) is 43.7 Å². The number of nitrogens with zero attached hydrogens (tertiary/aromatic N) is 6. The second-order valence-corrected chi connectivity index (χ2v) is 14.3. The lowest BCUT2D eigenvalue weighted by Gasteiger charge is -2.31. The Morgan fingerprint density at radius 3 is 2.60 bits per heavy atom. The highest BCUT2D eigenvalue weighted by molar-refractivity contribution is 6.03. The van der Waals surface area contributed by atoms with Gasteiger partial charge in [0.15, 0.2) is 12.6 Å². The van der Waals surface area contributed by atoms with Crippen molar-refractivity contribution in [3.05, 3.63) is 99.8 Å². The van der Waals surface area contributed by atoms with Crippen molar-refractivity contribution in [1.82, 2.24) is 19.9 Å². The fourth-order valence-corrected chi connectivity index (χ4v) is 8.17. The summed E-state index contributed by atoms with van der Waals surface area (Å²) in [4.78, 5) is 41.9. The highest BCUT2D eigenvalue weighted by atomic mass is 19.1. The van der Waals surface area contributed by atoms with Gasteiger partial charge in [0.25, 0.3) is 5.69 Å². The van der Waals surface area contributed by atoms with Gasteiger partial charge in [-0.15, -0.1) is 6.42 Å². The molecule has 0 unspecified atom stereocenters. The molecular weight excluding hydrogens is 738 g/mol. The number of carbonyl (C=O) groups is 1. The molecule has 3 aliphatic rings. The molecule has 2 saturated heterocycles. The van der Waals surface area contributed by atoms with Crippen LogP contribution in [0.2, 0.25) is 0 Å². The molecule has 15 heteroatoms. The SMILES string of the molecule is C#Cc1c(F)ccc2cc(OCOC)cc(-c3ncc4c(N5CCC=CCC5)nc(OC[C@@]56CCCN5C[C@@H](OC(=O)c5ccc([N+](=O)[O-])cc5)C6)nc4c3F)c12. The number of fused-ring (bicyclic) bond motifs is 3. The molecule has 0 bridgehead atoms. The Morgan fingerprint density at radius 1 is 1.07 bits per heavy atom. The van der Waals surface area contributed by atoms with E-state index in [0.717, 1.165) is 32.2 Å². The van der Waals surface area contributed by atoms with E-state index in [-0.39, 0.29) is 53.0 Å². The zero-order valence-electron chi connectivity index (χ0n) is 31.1. The highest BCUT2D eigenvalue weighted by Gasteiger charge is 2.50. The third-order valence-electron chi connectivity index (χ3n) is 10.9. The van der Waals surface area contributed by atoms with Crippen molar-refractivity contribution >= 4 is 39.1 Å². The van der Waals surface area contributed by atoms with Crippen LogP contribution in [0.15, 0.2) is 66.9 Å². The standard InChI is InChI=1S/C42H38F2N6O7/c1-3-31-34(43)14-11-27-19-29(56-25-54-2)20-32(35(27)31)37-36(44)38-33(22-45-37)39(48-16-6-4-5-7-17-48)47-41(46-38)55-24-42-15-8-18-49(42)23-30(21-42)57-40(51)26-9-12-28(13-10-26)50(52)53/h1,4-5,9-14,19-20,22,30H,6-8,15-18,21,23-25H2,2H3/t30-,42-/m0/s1. The van der Waals surface area contributed by atoms with Crippen LogP contribution in [0.1, 0.15) is 48.0 Å². The number of anilines is 1. The van der Waals surface area contributed by atoms with Gasteiger partial charge in [-0.25, -0.2) is 13.6 Å². The van der Waals surface area contributed by atoms with Crippen LogP contribution in [-0.4, -0.2) is 89.1 Å². The number of hydrogen-bond acceptors (Lipinski definition) is 12. The molecule has 57 heavy (non-hydrogen) atoms. The molecular formula is C42H38F2N6O7. The van der Waals surface area contributed by atoms with Gasteiger partial charge in [-0.2, -0.15) is 9.97 Å². The predicted molar refractivity (Wildman–Crippen MR) is 207 cm³/mol. The van der Waals surface area contributed by atoms with Crippen LogP contribution in [0.5, 0.6) is 11.8 Å². The molecule has 292 valence electrons. The van der Waals surface area contributed by atoms with E-state index in [1.54, 1.807) is 18.2 Å². The number of terminal acetylenes is 1. The van der Waals surface area contributed by atoms with E-state index in [1.165, 1.54) is 43.6 Å². The largest absolute Gasteiger partial charge is 0.468 e. The van der Waals surface area contributed by atoms with Crippen molar-refractivity contribution < 1.29 is 37.4 Å². The van der Waals surface area contributed by atoms with Gasteiger partial charge in [-0.05, 0) is 67.9 Å². The van der Waals surface area contributed by atoms with E-state index in [4.69, 9.17) is 30.4 Å². The minimum atomic E-state index is -0.772. The number of halogens is 2. The van der Waals surface area contributed by atoms with E-state index in [0.29, 0.717) is 53.8 Å². The van der Waals surface area contributed by atoms with Gasteiger partial charge in [0.2, 0.25) is 0 Å². The van der Waals surface area contributed by atoms with Crippen LogP contribution in [0, 0.1) is 34.1 Å². The molecule has 5 aromatic rings. The Hall–Kier alpha value is -6.24. The summed E-state index contributed by atoms with van der Waals surface area (Å²) in [6.07, 6.45) is 14.7. The quantitative estimate of drug-likeness (QED) is 0.0341. The van der Waals surface area contributed by atoms with Gasteiger partial charge < -0.3 is 23.8 Å². The number of ether oxygens (including phenoxy) is 4. The average Bonchev–Trinajstić information content (AvgIpc) is 3.62. The number of benzene rings is 3. The van der Waals surface area contributed by atoms with Crippen molar-refractivity contribution in [3.63, 3.8) is 0 Å². The normalized spacial score (nSPS) is 19.3. The number of pyridine rings is 1. The second-order valence-electron chi connectivity index (χ2n) is 14.3. The first-order valence-electron chi connectivity index (χ1n) is 18.6. The zero-order chi connectivity index (χ0) is 39.7. The molecule has 3 aromatic carbocycles. The average molecular weight is 777 g/mol. The maximum Gasteiger partial charge on any atom is 0.338 e. The molecule has 13 nitrogen and oxygen atoms in total. The summed E-state index contributed by atoms with van der Waals surface area (Å²) in [5.41, 5.74) is -0.365. The van der Waals surface area contributed by atoms with E-state index < -0.39 is 34.2 Å². The lowest BCUT2D eigenvalue weighted by atomic mass is 9.94. The van der Waals surface area contributed by atoms with Gasteiger partial charge >= 0.3 is 12.0 Å². The van der Waals surface area contributed by atoms with Gasteiger partial charge in [-0.3, -0.25) is 20.0 Å². The number of hydrogen-bond donors (Lipinski definition) is 0. The number of aromatic nitrogens is 3. The van der Waals surface area contributed by atoms with Crippen molar-refractivity contribution in [2.24, 2.45) is 0 Å². The van der Waals surface area contributed by atoms with E-state index in [1.807, 2.05) is 0 Å². The van der Waals surface area contributed by atoms with Crippen LogP contribution in [-0.2, 0) is 9.47 Å². The lowest BCUT2D eigenvalue weighted by molar-refractivity contribution is -0.384.